The molecule has 0 radical (unpaired) electrons. The van der Waals surface area contributed by atoms with Crippen LogP contribution in [0.1, 0.15) is 5.56 Å². The van der Waals surface area contributed by atoms with Gasteiger partial charge in [-0.25, -0.2) is 4.79 Å². The molecule has 0 saturated carbocycles. The van der Waals surface area contributed by atoms with E-state index in [-0.39, 0.29) is 32.3 Å². The maximum Gasteiger partial charge on any atom is 0.321 e. The lowest BCUT2D eigenvalue weighted by Crippen LogP contribution is -2.41. The highest BCUT2D eigenvalue weighted by atomic mass is 35.5. The fourth-order valence-corrected chi connectivity index (χ4v) is 1.67. The van der Waals surface area contributed by atoms with Crippen molar-refractivity contribution in [1.29, 1.82) is 0 Å². The average Bonchev–Trinajstić information content (AvgIpc) is 2.38. The third kappa shape index (κ3) is 5.74. The summed E-state index contributed by atoms with van der Waals surface area (Å²) in [6.07, 6.45) is 3.20. The molecule has 0 aromatic heterocycles. The van der Waals surface area contributed by atoms with E-state index >= 15 is 0 Å². The van der Waals surface area contributed by atoms with Crippen molar-refractivity contribution in [1.82, 2.24) is 10.2 Å². The van der Waals surface area contributed by atoms with Gasteiger partial charge >= 0.3 is 6.03 Å². The summed E-state index contributed by atoms with van der Waals surface area (Å²) in [7, 11) is 0. The second-order valence-corrected chi connectivity index (χ2v) is 4.21. The minimum Gasteiger partial charge on any atom is -0.395 e. The molecule has 0 unspecified atom stereocenters. The molecule has 0 aliphatic carbocycles. The van der Waals surface area contributed by atoms with Crippen LogP contribution in [0.3, 0.4) is 0 Å². The minimum absolute atomic E-state index is 0.147. The van der Waals surface area contributed by atoms with E-state index in [1.165, 1.54) is 11.1 Å². The number of hydrogen-bond donors (Lipinski definition) is 3. The Labute approximate surface area is 117 Å². The van der Waals surface area contributed by atoms with Crippen molar-refractivity contribution < 1.29 is 15.0 Å². The van der Waals surface area contributed by atoms with Gasteiger partial charge in [0.1, 0.15) is 0 Å². The van der Waals surface area contributed by atoms with Crippen molar-refractivity contribution in [2.75, 3.05) is 26.3 Å². The van der Waals surface area contributed by atoms with Crippen LogP contribution in [0, 0.1) is 0 Å². The van der Waals surface area contributed by atoms with Crippen molar-refractivity contribution >= 4 is 23.7 Å². The Morgan fingerprint density at radius 1 is 1.32 bits per heavy atom. The summed E-state index contributed by atoms with van der Waals surface area (Å²) in [5.74, 6) is 0. The van der Waals surface area contributed by atoms with E-state index in [2.05, 4.69) is 5.32 Å². The summed E-state index contributed by atoms with van der Waals surface area (Å²) in [4.78, 5) is 13.0. The molecule has 1 aromatic carbocycles. The van der Waals surface area contributed by atoms with E-state index in [9.17, 15) is 4.79 Å². The fraction of sp³-hybridized carbons (Fsp3) is 0.308. The standard InChI is InChI=1S/C13H17ClN2O3/c14-12-3-1-2-11(10-12)4-5-15-13(19)16(6-8-17)7-9-18/h1-5,10,17-18H,6-9H2,(H,15,19)/b5-4+. The van der Waals surface area contributed by atoms with Gasteiger partial charge < -0.3 is 20.4 Å². The van der Waals surface area contributed by atoms with Crippen LogP contribution in [-0.2, 0) is 0 Å². The number of halogens is 1. The Morgan fingerprint density at radius 3 is 2.58 bits per heavy atom. The van der Waals surface area contributed by atoms with E-state index in [4.69, 9.17) is 21.8 Å². The molecule has 0 fully saturated rings. The number of nitrogens with zero attached hydrogens (tertiary/aromatic N) is 1. The first-order valence-electron chi connectivity index (χ1n) is 5.86. The Kier molecular flexibility index (Phi) is 6.95. The van der Waals surface area contributed by atoms with Crippen LogP contribution in [0.4, 0.5) is 4.79 Å². The summed E-state index contributed by atoms with van der Waals surface area (Å²) in [5, 5.41) is 20.8. The molecule has 1 rings (SSSR count). The zero-order valence-electron chi connectivity index (χ0n) is 10.4. The van der Waals surface area contributed by atoms with Gasteiger partial charge in [-0.15, -0.1) is 0 Å². The van der Waals surface area contributed by atoms with Crippen molar-refractivity contribution in [2.45, 2.75) is 0 Å². The number of aliphatic hydroxyl groups is 2. The van der Waals surface area contributed by atoms with Crippen LogP contribution >= 0.6 is 11.6 Å². The molecule has 104 valence electrons. The Morgan fingerprint density at radius 2 is 2.00 bits per heavy atom. The first kappa shape index (κ1) is 15.5. The van der Waals surface area contributed by atoms with E-state index in [1.807, 2.05) is 12.1 Å². The van der Waals surface area contributed by atoms with Gasteiger partial charge in [-0.3, -0.25) is 0 Å². The summed E-state index contributed by atoms with van der Waals surface area (Å²) in [6.45, 7) is 0.0612. The number of nitrogens with one attached hydrogen (secondary N) is 1. The molecule has 3 N–H and O–H groups in total. The monoisotopic (exact) mass is 284 g/mol. The van der Waals surface area contributed by atoms with Crippen LogP contribution in [-0.4, -0.2) is 47.4 Å². The Bertz CT molecular complexity index is 432. The second kappa shape index (κ2) is 8.53. The maximum atomic E-state index is 11.7. The maximum absolute atomic E-state index is 11.7. The lowest BCUT2D eigenvalue weighted by molar-refractivity contribution is 0.161. The van der Waals surface area contributed by atoms with Crippen LogP contribution in [0.25, 0.3) is 6.08 Å². The van der Waals surface area contributed by atoms with Crippen molar-refractivity contribution in [3.63, 3.8) is 0 Å². The van der Waals surface area contributed by atoms with Crippen molar-refractivity contribution in [2.24, 2.45) is 0 Å². The first-order chi connectivity index (χ1) is 9.17. The number of carbonyl (C=O) groups excluding carboxylic acids is 1. The van der Waals surface area contributed by atoms with Gasteiger partial charge in [0.2, 0.25) is 0 Å². The number of hydrogen-bond acceptors (Lipinski definition) is 3. The third-order valence-electron chi connectivity index (χ3n) is 2.36. The number of amides is 2. The average molecular weight is 285 g/mol. The highest BCUT2D eigenvalue weighted by Crippen LogP contribution is 2.11. The van der Waals surface area contributed by atoms with Crippen LogP contribution < -0.4 is 5.32 Å². The number of aliphatic hydroxyl groups excluding tert-OH is 2. The van der Waals surface area contributed by atoms with Crippen molar-refractivity contribution in [3.05, 3.63) is 41.1 Å². The fourth-order valence-electron chi connectivity index (χ4n) is 1.47. The molecule has 2 amide bonds. The zero-order valence-corrected chi connectivity index (χ0v) is 11.2. The van der Waals surface area contributed by atoms with E-state index in [0.29, 0.717) is 5.02 Å². The number of rotatable bonds is 6. The Hall–Kier alpha value is -1.56. The molecule has 0 bridgehead atoms. The van der Waals surface area contributed by atoms with Gasteiger partial charge in [0.05, 0.1) is 13.2 Å². The molecule has 0 spiro atoms. The number of urea groups is 1. The van der Waals surface area contributed by atoms with E-state index in [0.717, 1.165) is 5.56 Å². The van der Waals surface area contributed by atoms with Crippen LogP contribution in [0.15, 0.2) is 30.5 Å². The van der Waals surface area contributed by atoms with Gasteiger partial charge in [0.25, 0.3) is 0 Å². The molecule has 0 atom stereocenters. The normalized spacial score (nSPS) is 10.7. The molecule has 0 aliphatic rings. The molecule has 0 heterocycles. The second-order valence-electron chi connectivity index (χ2n) is 3.77. The SMILES string of the molecule is O=C(N/C=C/c1cccc(Cl)c1)N(CCO)CCO. The Balaban J connectivity index is 2.52. The van der Waals surface area contributed by atoms with Gasteiger partial charge in [0.15, 0.2) is 0 Å². The number of carbonyl (C=O) groups is 1. The molecule has 5 nitrogen and oxygen atoms in total. The predicted molar refractivity (Wildman–Crippen MR) is 74.8 cm³/mol. The van der Waals surface area contributed by atoms with Gasteiger partial charge in [-0.05, 0) is 23.8 Å². The third-order valence-corrected chi connectivity index (χ3v) is 2.59. The van der Waals surface area contributed by atoms with Gasteiger partial charge in [-0.2, -0.15) is 0 Å². The summed E-state index contributed by atoms with van der Waals surface area (Å²) in [5.41, 5.74) is 0.865. The summed E-state index contributed by atoms with van der Waals surface area (Å²) in [6, 6.07) is 6.83. The molecule has 0 saturated heterocycles. The molecule has 6 heteroatoms. The zero-order chi connectivity index (χ0) is 14.1. The highest BCUT2D eigenvalue weighted by Gasteiger charge is 2.09. The molecule has 1 aromatic rings. The quantitative estimate of drug-likeness (QED) is 0.737. The molecule has 19 heavy (non-hydrogen) atoms. The molecule has 0 aliphatic heterocycles. The van der Waals surface area contributed by atoms with Crippen LogP contribution in [0.2, 0.25) is 5.02 Å². The minimum atomic E-state index is -0.374. The smallest absolute Gasteiger partial charge is 0.321 e. The van der Waals surface area contributed by atoms with Crippen LogP contribution in [0.5, 0.6) is 0 Å². The van der Waals surface area contributed by atoms with Gasteiger partial charge in [-0.1, -0.05) is 23.7 Å². The number of benzene rings is 1. The molecular formula is C13H17ClN2O3. The largest absolute Gasteiger partial charge is 0.395 e. The first-order valence-corrected chi connectivity index (χ1v) is 6.24. The molecular weight excluding hydrogens is 268 g/mol. The van der Waals surface area contributed by atoms with E-state index < -0.39 is 0 Å². The highest BCUT2D eigenvalue weighted by molar-refractivity contribution is 6.30. The topological polar surface area (TPSA) is 72.8 Å². The van der Waals surface area contributed by atoms with E-state index in [1.54, 1.807) is 18.2 Å². The summed E-state index contributed by atoms with van der Waals surface area (Å²) < 4.78 is 0. The summed E-state index contributed by atoms with van der Waals surface area (Å²) >= 11 is 5.83. The van der Waals surface area contributed by atoms with Crippen molar-refractivity contribution in [3.8, 4) is 0 Å². The lowest BCUT2D eigenvalue weighted by atomic mass is 10.2. The predicted octanol–water partition coefficient (Wildman–Crippen LogP) is 1.31. The lowest BCUT2D eigenvalue weighted by Gasteiger charge is -2.19. The van der Waals surface area contributed by atoms with Gasteiger partial charge in [0, 0.05) is 24.3 Å².